The van der Waals surface area contributed by atoms with Gasteiger partial charge < -0.3 is 10.4 Å². The van der Waals surface area contributed by atoms with Gasteiger partial charge in [0.2, 0.25) is 0 Å². The maximum absolute atomic E-state index is 12.0. The van der Waals surface area contributed by atoms with Crippen molar-refractivity contribution in [3.05, 3.63) is 30.3 Å². The van der Waals surface area contributed by atoms with Crippen molar-refractivity contribution in [3.8, 4) is 0 Å². The Morgan fingerprint density at radius 3 is 2.28 bits per heavy atom. The Labute approximate surface area is 106 Å². The summed E-state index contributed by atoms with van der Waals surface area (Å²) >= 11 is 0. The molecule has 5 nitrogen and oxygen atoms in total. The van der Waals surface area contributed by atoms with Crippen LogP contribution in [0.2, 0.25) is 0 Å². The Balaban J connectivity index is 2.85. The molecule has 5 heteroatoms. The number of anilines is 1. The number of amides is 2. The summed E-state index contributed by atoms with van der Waals surface area (Å²) in [5.41, 5.74) is -0.557. The van der Waals surface area contributed by atoms with Crippen molar-refractivity contribution in [2.24, 2.45) is 0 Å². The number of carboxylic acid groups (broad SMARTS) is 1. The Kier molecular flexibility index (Phi) is 4.31. The van der Waals surface area contributed by atoms with Gasteiger partial charge in [0, 0.05) is 12.2 Å². The van der Waals surface area contributed by atoms with Crippen LogP contribution in [-0.4, -0.2) is 29.2 Å². The van der Waals surface area contributed by atoms with Gasteiger partial charge in [0.05, 0.1) is 0 Å². The van der Waals surface area contributed by atoms with Crippen molar-refractivity contribution in [2.75, 3.05) is 11.4 Å². The number of rotatable bonds is 4. The highest BCUT2D eigenvalue weighted by Gasteiger charge is 2.30. The van der Waals surface area contributed by atoms with E-state index in [0.29, 0.717) is 6.54 Å². The van der Waals surface area contributed by atoms with Crippen molar-refractivity contribution < 1.29 is 14.7 Å². The van der Waals surface area contributed by atoms with Crippen molar-refractivity contribution in [2.45, 2.75) is 26.3 Å². The highest BCUT2D eigenvalue weighted by Crippen LogP contribution is 2.14. The first-order chi connectivity index (χ1) is 8.38. The number of hydrogen-bond acceptors (Lipinski definition) is 2. The fourth-order valence-electron chi connectivity index (χ4n) is 1.44. The molecule has 0 bridgehead atoms. The molecule has 2 N–H and O–H groups in total. The summed E-state index contributed by atoms with van der Waals surface area (Å²) in [5, 5.41) is 11.5. The zero-order valence-corrected chi connectivity index (χ0v) is 10.8. The summed E-state index contributed by atoms with van der Waals surface area (Å²) in [6, 6.07) is 8.70. The first-order valence-corrected chi connectivity index (χ1v) is 5.76. The predicted molar refractivity (Wildman–Crippen MR) is 69.7 cm³/mol. The average molecular weight is 250 g/mol. The van der Waals surface area contributed by atoms with Crippen LogP contribution < -0.4 is 10.2 Å². The third-order valence-electron chi connectivity index (χ3n) is 2.58. The smallest absolute Gasteiger partial charge is 0.328 e. The first-order valence-electron chi connectivity index (χ1n) is 5.76. The molecule has 0 radical (unpaired) electrons. The number of aliphatic carboxylic acids is 1. The summed E-state index contributed by atoms with van der Waals surface area (Å²) in [4.78, 5) is 24.5. The third-order valence-corrected chi connectivity index (χ3v) is 2.58. The zero-order chi connectivity index (χ0) is 13.8. The maximum atomic E-state index is 12.0. The number of para-hydroxylation sites is 1. The number of urea groups is 1. The number of benzene rings is 1. The van der Waals surface area contributed by atoms with E-state index in [2.05, 4.69) is 5.32 Å². The summed E-state index contributed by atoms with van der Waals surface area (Å²) in [7, 11) is 0. The van der Waals surface area contributed by atoms with E-state index >= 15 is 0 Å². The highest BCUT2D eigenvalue weighted by molar-refractivity contribution is 5.95. The molecule has 2 amide bonds. The molecule has 0 unspecified atom stereocenters. The number of carbonyl (C=O) groups excluding carboxylic acids is 1. The molecule has 0 spiro atoms. The Morgan fingerprint density at radius 2 is 1.83 bits per heavy atom. The number of nitrogens with one attached hydrogen (secondary N) is 1. The summed E-state index contributed by atoms with van der Waals surface area (Å²) in [6.45, 7) is 5.20. The van der Waals surface area contributed by atoms with Gasteiger partial charge in [-0.3, -0.25) is 4.90 Å². The lowest BCUT2D eigenvalue weighted by Gasteiger charge is -2.27. The minimum absolute atomic E-state index is 0.420. The molecule has 1 aromatic rings. The van der Waals surface area contributed by atoms with Crippen LogP contribution in [0.3, 0.4) is 0 Å². The molecule has 0 aromatic heterocycles. The number of nitrogens with zero attached hydrogens (tertiary/aromatic N) is 1. The molecular formula is C13H18N2O3. The molecular weight excluding hydrogens is 232 g/mol. The third kappa shape index (κ3) is 3.23. The van der Waals surface area contributed by atoms with Gasteiger partial charge in [-0.25, -0.2) is 9.59 Å². The highest BCUT2D eigenvalue weighted by atomic mass is 16.4. The van der Waals surface area contributed by atoms with E-state index in [1.165, 1.54) is 18.7 Å². The van der Waals surface area contributed by atoms with Crippen LogP contribution in [0.25, 0.3) is 0 Å². The molecule has 0 aliphatic carbocycles. The lowest BCUT2D eigenvalue weighted by atomic mass is 10.1. The topological polar surface area (TPSA) is 69.6 Å². The molecule has 0 aliphatic rings. The van der Waals surface area contributed by atoms with Crippen molar-refractivity contribution in [3.63, 3.8) is 0 Å². The second-order valence-corrected chi connectivity index (χ2v) is 4.44. The van der Waals surface area contributed by atoms with E-state index in [0.717, 1.165) is 5.69 Å². The van der Waals surface area contributed by atoms with E-state index in [-0.39, 0.29) is 0 Å². The molecule has 1 rings (SSSR count). The second-order valence-electron chi connectivity index (χ2n) is 4.44. The summed E-state index contributed by atoms with van der Waals surface area (Å²) in [5.74, 6) is -1.07. The average Bonchev–Trinajstić information content (AvgIpc) is 2.30. The van der Waals surface area contributed by atoms with E-state index in [9.17, 15) is 9.59 Å². The summed E-state index contributed by atoms with van der Waals surface area (Å²) < 4.78 is 0. The van der Waals surface area contributed by atoms with Crippen LogP contribution >= 0.6 is 0 Å². The maximum Gasteiger partial charge on any atom is 0.328 e. The monoisotopic (exact) mass is 250 g/mol. The van der Waals surface area contributed by atoms with Gasteiger partial charge in [0.25, 0.3) is 0 Å². The van der Waals surface area contributed by atoms with Crippen LogP contribution in [0.5, 0.6) is 0 Å². The molecule has 0 atom stereocenters. The SMILES string of the molecule is CCN(C(=O)NC(C)(C)C(=O)O)c1ccccc1. The number of carbonyl (C=O) groups is 2. The molecule has 98 valence electrons. The van der Waals surface area contributed by atoms with Gasteiger partial charge in [-0.1, -0.05) is 18.2 Å². The lowest BCUT2D eigenvalue weighted by Crippen LogP contribution is -2.54. The normalized spacial score (nSPS) is 10.8. The van der Waals surface area contributed by atoms with Crippen molar-refractivity contribution in [1.29, 1.82) is 0 Å². The van der Waals surface area contributed by atoms with Gasteiger partial charge in [-0.05, 0) is 32.9 Å². The second kappa shape index (κ2) is 5.53. The quantitative estimate of drug-likeness (QED) is 0.859. The lowest BCUT2D eigenvalue weighted by molar-refractivity contribution is -0.142. The largest absolute Gasteiger partial charge is 0.480 e. The minimum Gasteiger partial charge on any atom is -0.480 e. The predicted octanol–water partition coefficient (Wildman–Crippen LogP) is 2.09. The molecule has 0 saturated carbocycles. The first kappa shape index (κ1) is 14.0. The Bertz CT molecular complexity index is 429. The van der Waals surface area contributed by atoms with Crippen LogP contribution in [0.15, 0.2) is 30.3 Å². The molecule has 0 fully saturated rings. The molecule has 18 heavy (non-hydrogen) atoms. The Hall–Kier alpha value is -2.04. The van der Waals surface area contributed by atoms with Gasteiger partial charge in [-0.2, -0.15) is 0 Å². The van der Waals surface area contributed by atoms with Gasteiger partial charge >= 0.3 is 12.0 Å². The van der Waals surface area contributed by atoms with Crippen molar-refractivity contribution >= 4 is 17.7 Å². The molecule has 0 saturated heterocycles. The van der Waals surface area contributed by atoms with E-state index in [1.807, 2.05) is 25.1 Å². The van der Waals surface area contributed by atoms with E-state index in [1.54, 1.807) is 12.1 Å². The van der Waals surface area contributed by atoms with Gasteiger partial charge in [0.15, 0.2) is 0 Å². The number of hydrogen-bond donors (Lipinski definition) is 2. The summed E-state index contributed by atoms with van der Waals surface area (Å²) in [6.07, 6.45) is 0. The van der Waals surface area contributed by atoms with Crippen LogP contribution in [0.4, 0.5) is 10.5 Å². The fraction of sp³-hybridized carbons (Fsp3) is 0.385. The standard InChI is InChI=1S/C13H18N2O3/c1-4-15(10-8-6-5-7-9-10)12(18)14-13(2,3)11(16)17/h5-9H,4H2,1-3H3,(H,14,18)(H,16,17). The molecule has 1 aromatic carbocycles. The van der Waals surface area contributed by atoms with Crippen LogP contribution in [0.1, 0.15) is 20.8 Å². The minimum atomic E-state index is -1.29. The van der Waals surface area contributed by atoms with Crippen LogP contribution in [-0.2, 0) is 4.79 Å². The molecule has 0 aliphatic heterocycles. The fourth-order valence-corrected chi connectivity index (χ4v) is 1.44. The van der Waals surface area contributed by atoms with Crippen LogP contribution in [0, 0.1) is 0 Å². The van der Waals surface area contributed by atoms with E-state index < -0.39 is 17.5 Å². The Morgan fingerprint density at radius 1 is 1.28 bits per heavy atom. The molecule has 0 heterocycles. The van der Waals surface area contributed by atoms with Gasteiger partial charge in [-0.15, -0.1) is 0 Å². The van der Waals surface area contributed by atoms with Gasteiger partial charge in [0.1, 0.15) is 5.54 Å². The van der Waals surface area contributed by atoms with E-state index in [4.69, 9.17) is 5.11 Å². The zero-order valence-electron chi connectivity index (χ0n) is 10.8. The number of carboxylic acids is 1. The van der Waals surface area contributed by atoms with Crippen molar-refractivity contribution in [1.82, 2.24) is 5.32 Å².